The minimum atomic E-state index is -0.301. The molecule has 0 saturated carbocycles. The summed E-state index contributed by atoms with van der Waals surface area (Å²) in [6, 6.07) is 3.46. The zero-order valence-electron chi connectivity index (χ0n) is 14.6. The molecule has 1 aromatic heterocycles. The third-order valence-corrected chi connectivity index (χ3v) is 5.95. The first-order valence-electron chi connectivity index (χ1n) is 8.43. The predicted octanol–water partition coefficient (Wildman–Crippen LogP) is 5.87. The lowest BCUT2D eigenvalue weighted by Crippen LogP contribution is -2.09. The Kier molecular flexibility index (Phi) is 6.22. The molecule has 1 aliphatic rings. The number of nitrogens with zero attached hydrogens (tertiary/aromatic N) is 1. The third kappa shape index (κ3) is 3.90. The van der Waals surface area contributed by atoms with Crippen molar-refractivity contribution in [1.82, 2.24) is 0 Å². The Morgan fingerprint density at radius 3 is 2.62 bits per heavy atom. The summed E-state index contributed by atoms with van der Waals surface area (Å²) in [6.07, 6.45) is 5.78. The quantitative estimate of drug-likeness (QED) is 0.456. The van der Waals surface area contributed by atoms with Gasteiger partial charge in [-0.1, -0.05) is 23.2 Å². The molecule has 26 heavy (non-hydrogen) atoms. The number of thiophene rings is 1. The Morgan fingerprint density at radius 2 is 1.96 bits per heavy atom. The highest BCUT2D eigenvalue weighted by molar-refractivity contribution is 7.16. The van der Waals surface area contributed by atoms with Gasteiger partial charge in [-0.3, -0.25) is 0 Å². The zero-order valence-corrected chi connectivity index (χ0v) is 16.9. The van der Waals surface area contributed by atoms with Crippen LogP contribution in [0.4, 0.5) is 5.00 Å². The Labute approximate surface area is 166 Å². The molecule has 0 N–H and O–H groups in total. The molecule has 0 saturated heterocycles. The fourth-order valence-electron chi connectivity index (χ4n) is 3.04. The molecule has 0 radical (unpaired) electrons. The van der Waals surface area contributed by atoms with E-state index in [1.165, 1.54) is 12.0 Å². The second kappa shape index (κ2) is 8.42. The van der Waals surface area contributed by atoms with Gasteiger partial charge < -0.3 is 9.47 Å². The number of aliphatic imine (C=N–C) groups is 1. The smallest absolute Gasteiger partial charge is 0.341 e. The van der Waals surface area contributed by atoms with Crippen LogP contribution in [-0.4, -0.2) is 25.9 Å². The lowest BCUT2D eigenvalue weighted by atomic mass is 9.95. The molecule has 1 aliphatic carbocycles. The Bertz CT molecular complexity index is 838. The molecule has 138 valence electrons. The normalized spacial score (nSPS) is 13.7. The van der Waals surface area contributed by atoms with Crippen LogP contribution in [0.2, 0.25) is 10.0 Å². The molecule has 0 spiro atoms. The summed E-state index contributed by atoms with van der Waals surface area (Å²) >= 11 is 13.9. The van der Waals surface area contributed by atoms with Crippen LogP contribution in [-0.2, 0) is 17.6 Å². The van der Waals surface area contributed by atoms with Gasteiger partial charge in [0.05, 0.1) is 29.3 Å². The van der Waals surface area contributed by atoms with Crippen LogP contribution in [0.15, 0.2) is 17.1 Å². The van der Waals surface area contributed by atoms with Crippen LogP contribution in [0.1, 0.15) is 46.1 Å². The Hall–Kier alpha value is -1.56. The van der Waals surface area contributed by atoms with Gasteiger partial charge in [-0.15, -0.1) is 11.3 Å². The molecule has 0 amide bonds. The number of methoxy groups -OCH3 is 1. The van der Waals surface area contributed by atoms with E-state index in [0.717, 1.165) is 36.8 Å². The van der Waals surface area contributed by atoms with E-state index in [-0.39, 0.29) is 5.97 Å². The molecular weight excluding hydrogens is 393 g/mol. The monoisotopic (exact) mass is 411 g/mol. The number of ether oxygens (including phenoxy) is 2. The minimum Gasteiger partial charge on any atom is -0.494 e. The number of fused-ring (bicyclic) bond motifs is 1. The van der Waals surface area contributed by atoms with E-state index in [2.05, 4.69) is 4.99 Å². The van der Waals surface area contributed by atoms with Gasteiger partial charge >= 0.3 is 5.97 Å². The highest BCUT2D eigenvalue weighted by Gasteiger charge is 2.26. The lowest BCUT2D eigenvalue weighted by molar-refractivity contribution is 0.0526. The molecule has 3 rings (SSSR count). The van der Waals surface area contributed by atoms with Gasteiger partial charge in [-0.25, -0.2) is 9.79 Å². The SMILES string of the molecule is CCOC(=O)c1c(N=Cc2cc(Cl)c(OC)c(Cl)c2)sc2c1CCCC2. The largest absolute Gasteiger partial charge is 0.494 e. The Morgan fingerprint density at radius 1 is 1.27 bits per heavy atom. The summed E-state index contributed by atoms with van der Waals surface area (Å²) in [5.74, 6) is 0.133. The van der Waals surface area contributed by atoms with E-state index in [1.807, 2.05) is 0 Å². The van der Waals surface area contributed by atoms with Crippen LogP contribution in [0.25, 0.3) is 0 Å². The van der Waals surface area contributed by atoms with Crippen molar-refractivity contribution in [2.45, 2.75) is 32.6 Å². The number of carbonyl (C=O) groups excluding carboxylic acids is 1. The molecular formula is C19H19Cl2NO3S. The van der Waals surface area contributed by atoms with Crippen molar-refractivity contribution in [2.24, 2.45) is 4.99 Å². The van der Waals surface area contributed by atoms with E-state index < -0.39 is 0 Å². The number of halogens is 2. The van der Waals surface area contributed by atoms with Crippen molar-refractivity contribution < 1.29 is 14.3 Å². The number of aryl methyl sites for hydroxylation is 1. The molecule has 0 fully saturated rings. The van der Waals surface area contributed by atoms with Gasteiger partial charge in [0, 0.05) is 11.1 Å². The van der Waals surface area contributed by atoms with Gasteiger partial charge in [0.1, 0.15) is 5.00 Å². The molecule has 0 bridgehead atoms. The maximum atomic E-state index is 12.5. The fourth-order valence-corrected chi connectivity index (χ4v) is 4.92. The van der Waals surface area contributed by atoms with Crippen molar-refractivity contribution in [2.75, 3.05) is 13.7 Å². The fraction of sp³-hybridized carbons (Fsp3) is 0.368. The van der Waals surface area contributed by atoms with Crippen LogP contribution in [0, 0.1) is 0 Å². The Balaban J connectivity index is 1.98. The average Bonchev–Trinajstić information content (AvgIpc) is 2.98. The van der Waals surface area contributed by atoms with Crippen molar-refractivity contribution in [3.05, 3.63) is 43.7 Å². The topological polar surface area (TPSA) is 47.9 Å². The molecule has 0 unspecified atom stereocenters. The summed E-state index contributed by atoms with van der Waals surface area (Å²) in [7, 11) is 1.52. The van der Waals surface area contributed by atoms with Crippen LogP contribution < -0.4 is 4.74 Å². The summed E-state index contributed by atoms with van der Waals surface area (Å²) in [4.78, 5) is 18.2. The third-order valence-electron chi connectivity index (χ3n) is 4.19. The number of benzene rings is 1. The molecule has 0 aliphatic heterocycles. The number of carbonyl (C=O) groups is 1. The van der Waals surface area contributed by atoms with E-state index >= 15 is 0 Å². The first-order valence-corrected chi connectivity index (χ1v) is 10.0. The van der Waals surface area contributed by atoms with E-state index in [4.69, 9.17) is 32.7 Å². The second-order valence-electron chi connectivity index (χ2n) is 5.89. The first kappa shape index (κ1) is 19.2. The number of rotatable bonds is 5. The van der Waals surface area contributed by atoms with E-state index in [1.54, 1.807) is 36.6 Å². The molecule has 4 nitrogen and oxygen atoms in total. The number of esters is 1. The number of hydrogen-bond donors (Lipinski definition) is 0. The molecule has 1 aromatic carbocycles. The van der Waals surface area contributed by atoms with Crippen molar-refractivity contribution >= 4 is 51.7 Å². The molecule has 7 heteroatoms. The van der Waals surface area contributed by atoms with Crippen molar-refractivity contribution in [1.29, 1.82) is 0 Å². The van der Waals surface area contributed by atoms with Crippen LogP contribution in [0.5, 0.6) is 5.75 Å². The summed E-state index contributed by atoms with van der Waals surface area (Å²) in [6.45, 7) is 2.15. The second-order valence-corrected chi connectivity index (χ2v) is 7.79. The molecule has 0 atom stereocenters. The van der Waals surface area contributed by atoms with Crippen molar-refractivity contribution in [3.63, 3.8) is 0 Å². The summed E-state index contributed by atoms with van der Waals surface area (Å²) < 4.78 is 10.4. The summed E-state index contributed by atoms with van der Waals surface area (Å²) in [5.41, 5.74) is 2.44. The minimum absolute atomic E-state index is 0.301. The van der Waals surface area contributed by atoms with E-state index in [9.17, 15) is 4.79 Å². The van der Waals surface area contributed by atoms with Gasteiger partial charge in [0.25, 0.3) is 0 Å². The first-order chi connectivity index (χ1) is 12.5. The van der Waals surface area contributed by atoms with Crippen LogP contribution in [0.3, 0.4) is 0 Å². The standard InChI is InChI=1S/C19H19Cl2NO3S/c1-3-25-19(23)16-12-6-4-5-7-15(12)26-18(16)22-10-11-8-13(20)17(24-2)14(21)9-11/h8-10H,3-7H2,1-2H3. The van der Waals surface area contributed by atoms with Crippen molar-refractivity contribution in [3.8, 4) is 5.75 Å². The zero-order chi connectivity index (χ0) is 18.7. The van der Waals surface area contributed by atoms with Crippen LogP contribution >= 0.6 is 34.5 Å². The average molecular weight is 412 g/mol. The lowest BCUT2D eigenvalue weighted by Gasteiger charge is -2.11. The van der Waals surface area contributed by atoms with Gasteiger partial charge in [-0.05, 0) is 55.9 Å². The highest BCUT2D eigenvalue weighted by atomic mass is 35.5. The van der Waals surface area contributed by atoms with Gasteiger partial charge in [0.2, 0.25) is 0 Å². The van der Waals surface area contributed by atoms with Gasteiger partial charge in [0.15, 0.2) is 5.75 Å². The molecule has 2 aromatic rings. The number of hydrogen-bond acceptors (Lipinski definition) is 5. The van der Waals surface area contributed by atoms with Gasteiger partial charge in [-0.2, -0.15) is 0 Å². The summed E-state index contributed by atoms with van der Waals surface area (Å²) in [5, 5.41) is 1.51. The maximum Gasteiger partial charge on any atom is 0.341 e. The predicted molar refractivity (Wildman–Crippen MR) is 107 cm³/mol. The molecule has 1 heterocycles. The van der Waals surface area contributed by atoms with E-state index in [0.29, 0.717) is 33.0 Å². The highest BCUT2D eigenvalue weighted by Crippen LogP contribution is 2.40. The maximum absolute atomic E-state index is 12.5.